The van der Waals surface area contributed by atoms with Crippen molar-refractivity contribution in [2.45, 2.75) is 18.2 Å². The highest BCUT2D eigenvalue weighted by molar-refractivity contribution is 7.89. The first kappa shape index (κ1) is 22.1. The average Bonchev–Trinajstić information content (AvgIpc) is 3.34. The van der Waals surface area contributed by atoms with E-state index in [1.807, 2.05) is 18.2 Å². The van der Waals surface area contributed by atoms with Crippen molar-refractivity contribution in [3.8, 4) is 16.6 Å². The van der Waals surface area contributed by atoms with Gasteiger partial charge in [-0.25, -0.2) is 13.4 Å². The standard InChI is InChI=1S/C23H22N4O3S2/c1-2-17-7-9-18(10-8-17)22-25-20(16-31-22)23(28)26-11-13-27(14-12-26)32(29,30)21-6-4-3-5-19(21)15-24/h3-10,16H,2,11-14H2,1H3. The topological polar surface area (TPSA) is 94.4 Å². The number of aromatic nitrogens is 1. The molecule has 3 aromatic rings. The molecule has 2 aromatic carbocycles. The van der Waals surface area contributed by atoms with Crippen LogP contribution in [0.3, 0.4) is 0 Å². The summed E-state index contributed by atoms with van der Waals surface area (Å²) in [5.74, 6) is -0.202. The molecule has 164 valence electrons. The fourth-order valence-corrected chi connectivity index (χ4v) is 5.97. The number of amides is 1. The van der Waals surface area contributed by atoms with Crippen molar-refractivity contribution in [1.82, 2.24) is 14.2 Å². The lowest BCUT2D eigenvalue weighted by molar-refractivity contribution is 0.0693. The van der Waals surface area contributed by atoms with Crippen molar-refractivity contribution in [3.63, 3.8) is 0 Å². The van der Waals surface area contributed by atoms with Crippen molar-refractivity contribution < 1.29 is 13.2 Å². The number of hydrogen-bond donors (Lipinski definition) is 0. The van der Waals surface area contributed by atoms with E-state index in [0.29, 0.717) is 5.69 Å². The highest BCUT2D eigenvalue weighted by Crippen LogP contribution is 2.26. The quantitative estimate of drug-likeness (QED) is 0.574. The lowest BCUT2D eigenvalue weighted by Gasteiger charge is -2.33. The summed E-state index contributed by atoms with van der Waals surface area (Å²) < 4.78 is 27.3. The minimum Gasteiger partial charge on any atom is -0.335 e. The minimum atomic E-state index is -3.80. The van der Waals surface area contributed by atoms with E-state index < -0.39 is 10.0 Å². The number of piperazine rings is 1. The molecule has 1 aliphatic rings. The SMILES string of the molecule is CCc1ccc(-c2nc(C(=O)N3CCN(S(=O)(=O)c4ccccc4C#N)CC3)cs2)cc1. The zero-order chi connectivity index (χ0) is 22.7. The predicted molar refractivity (Wildman–Crippen MR) is 123 cm³/mol. The zero-order valence-corrected chi connectivity index (χ0v) is 19.2. The Morgan fingerprint density at radius 3 is 2.44 bits per heavy atom. The number of aryl methyl sites for hydroxylation is 1. The number of carbonyl (C=O) groups excluding carboxylic acids is 1. The molecule has 1 fully saturated rings. The molecule has 0 atom stereocenters. The molecule has 0 radical (unpaired) electrons. The molecule has 0 aliphatic carbocycles. The van der Waals surface area contributed by atoms with Gasteiger partial charge in [0.05, 0.1) is 10.5 Å². The number of hydrogen-bond acceptors (Lipinski definition) is 6. The Kier molecular flexibility index (Phi) is 6.37. The summed E-state index contributed by atoms with van der Waals surface area (Å²) in [5, 5.41) is 11.8. The van der Waals surface area contributed by atoms with Gasteiger partial charge in [-0.15, -0.1) is 11.3 Å². The van der Waals surface area contributed by atoms with Crippen LogP contribution in [0.2, 0.25) is 0 Å². The molecule has 4 rings (SSSR count). The van der Waals surface area contributed by atoms with Gasteiger partial charge < -0.3 is 4.90 Å². The monoisotopic (exact) mass is 466 g/mol. The Hall–Kier alpha value is -3.06. The molecule has 1 aromatic heterocycles. The molecule has 2 heterocycles. The summed E-state index contributed by atoms with van der Waals surface area (Å²) in [7, 11) is -3.80. The molecule has 32 heavy (non-hydrogen) atoms. The van der Waals surface area contributed by atoms with E-state index in [2.05, 4.69) is 24.0 Å². The fourth-order valence-electron chi connectivity index (χ4n) is 3.60. The van der Waals surface area contributed by atoms with E-state index >= 15 is 0 Å². The first-order chi connectivity index (χ1) is 15.4. The van der Waals surface area contributed by atoms with Gasteiger partial charge in [-0.2, -0.15) is 9.57 Å². The molecule has 0 spiro atoms. The number of benzene rings is 2. The molecule has 7 nitrogen and oxygen atoms in total. The Balaban J connectivity index is 1.44. The summed E-state index contributed by atoms with van der Waals surface area (Å²) in [6.45, 7) is 2.98. The van der Waals surface area contributed by atoms with E-state index in [9.17, 15) is 18.5 Å². The van der Waals surface area contributed by atoms with Crippen molar-refractivity contribution in [2.75, 3.05) is 26.2 Å². The van der Waals surface area contributed by atoms with Crippen LogP contribution in [-0.2, 0) is 16.4 Å². The van der Waals surface area contributed by atoms with E-state index in [1.165, 1.54) is 33.3 Å². The summed E-state index contributed by atoms with van der Waals surface area (Å²) in [6, 6.07) is 16.2. The molecule has 0 bridgehead atoms. The van der Waals surface area contributed by atoms with Crippen LogP contribution in [0.1, 0.15) is 28.5 Å². The minimum absolute atomic E-state index is 0.000473. The predicted octanol–water partition coefficient (Wildman–Crippen LogP) is 3.39. The maximum absolute atomic E-state index is 13.0. The van der Waals surface area contributed by atoms with E-state index in [0.717, 1.165) is 17.0 Å². The van der Waals surface area contributed by atoms with Crippen LogP contribution < -0.4 is 0 Å². The van der Waals surface area contributed by atoms with Crippen LogP contribution >= 0.6 is 11.3 Å². The van der Waals surface area contributed by atoms with E-state index in [4.69, 9.17) is 0 Å². The molecule has 0 unspecified atom stereocenters. The molecule has 1 amide bonds. The average molecular weight is 467 g/mol. The normalized spacial score (nSPS) is 14.8. The lowest BCUT2D eigenvalue weighted by Crippen LogP contribution is -2.50. The first-order valence-electron chi connectivity index (χ1n) is 10.3. The van der Waals surface area contributed by atoms with Gasteiger partial charge in [-0.3, -0.25) is 4.79 Å². The second-order valence-electron chi connectivity index (χ2n) is 7.39. The molecular weight excluding hydrogens is 444 g/mol. The van der Waals surface area contributed by atoms with Crippen molar-refractivity contribution in [1.29, 1.82) is 5.26 Å². The molecule has 1 saturated heterocycles. The number of carbonyl (C=O) groups is 1. The van der Waals surface area contributed by atoms with Crippen LogP contribution in [0.5, 0.6) is 0 Å². The van der Waals surface area contributed by atoms with Gasteiger partial charge in [0.15, 0.2) is 0 Å². The Labute approximate surface area is 191 Å². The molecule has 9 heteroatoms. The number of rotatable bonds is 5. The van der Waals surface area contributed by atoms with Crippen molar-refractivity contribution in [3.05, 3.63) is 70.7 Å². The number of nitrogens with zero attached hydrogens (tertiary/aromatic N) is 4. The van der Waals surface area contributed by atoms with Gasteiger partial charge in [0.25, 0.3) is 5.91 Å². The molecular formula is C23H22N4O3S2. The van der Waals surface area contributed by atoms with E-state index in [-0.39, 0.29) is 42.5 Å². The first-order valence-corrected chi connectivity index (χ1v) is 12.6. The van der Waals surface area contributed by atoms with Gasteiger partial charge in [0.1, 0.15) is 16.8 Å². The van der Waals surface area contributed by atoms with Gasteiger partial charge in [-0.05, 0) is 24.1 Å². The Morgan fingerprint density at radius 1 is 1.09 bits per heavy atom. The molecule has 0 saturated carbocycles. The molecule has 1 aliphatic heterocycles. The maximum atomic E-state index is 13.0. The number of sulfonamides is 1. The van der Waals surface area contributed by atoms with Crippen molar-refractivity contribution >= 4 is 27.3 Å². The van der Waals surface area contributed by atoms with Gasteiger partial charge in [-0.1, -0.05) is 43.3 Å². The van der Waals surface area contributed by atoms with Crippen LogP contribution in [0, 0.1) is 11.3 Å². The third-order valence-electron chi connectivity index (χ3n) is 5.48. The largest absolute Gasteiger partial charge is 0.335 e. The van der Waals surface area contributed by atoms with Gasteiger partial charge in [0.2, 0.25) is 10.0 Å². The third-order valence-corrected chi connectivity index (χ3v) is 8.33. The van der Waals surface area contributed by atoms with Crippen LogP contribution in [0.25, 0.3) is 10.6 Å². The third kappa shape index (κ3) is 4.30. The van der Waals surface area contributed by atoms with Crippen molar-refractivity contribution in [2.24, 2.45) is 0 Å². The fraction of sp³-hybridized carbons (Fsp3) is 0.261. The smallest absolute Gasteiger partial charge is 0.273 e. The zero-order valence-electron chi connectivity index (χ0n) is 17.6. The van der Waals surface area contributed by atoms with Crippen LogP contribution in [0.4, 0.5) is 0 Å². The highest BCUT2D eigenvalue weighted by atomic mass is 32.2. The Bertz CT molecular complexity index is 1270. The molecule has 0 N–H and O–H groups in total. The summed E-state index contributed by atoms with van der Waals surface area (Å²) in [5.41, 5.74) is 2.70. The highest BCUT2D eigenvalue weighted by Gasteiger charge is 2.32. The van der Waals surface area contributed by atoms with Crippen LogP contribution in [-0.4, -0.2) is 54.7 Å². The lowest BCUT2D eigenvalue weighted by atomic mass is 10.1. The number of nitriles is 1. The van der Waals surface area contributed by atoms with Crippen LogP contribution in [0.15, 0.2) is 58.8 Å². The van der Waals surface area contributed by atoms with Gasteiger partial charge >= 0.3 is 0 Å². The summed E-state index contributed by atoms with van der Waals surface area (Å²) in [6.07, 6.45) is 0.964. The number of thiazole rings is 1. The van der Waals surface area contributed by atoms with Gasteiger partial charge in [0, 0.05) is 37.1 Å². The Morgan fingerprint density at radius 2 is 1.78 bits per heavy atom. The summed E-state index contributed by atoms with van der Waals surface area (Å²) in [4.78, 5) is 19.1. The second kappa shape index (κ2) is 9.20. The summed E-state index contributed by atoms with van der Waals surface area (Å²) >= 11 is 1.42. The van der Waals surface area contributed by atoms with E-state index in [1.54, 1.807) is 22.4 Å². The second-order valence-corrected chi connectivity index (χ2v) is 10.2. The maximum Gasteiger partial charge on any atom is 0.273 e.